The molecule has 1 fully saturated rings. The second-order valence-corrected chi connectivity index (χ2v) is 9.23. The quantitative estimate of drug-likeness (QED) is 0.438. The van der Waals surface area contributed by atoms with Crippen molar-refractivity contribution in [3.63, 3.8) is 0 Å². The van der Waals surface area contributed by atoms with Gasteiger partial charge in [0, 0.05) is 0 Å². The molecule has 0 aromatic heterocycles. The van der Waals surface area contributed by atoms with Gasteiger partial charge in [-0.2, -0.15) is 5.26 Å². The van der Waals surface area contributed by atoms with Crippen LogP contribution in [0.1, 0.15) is 52.3 Å². The summed E-state index contributed by atoms with van der Waals surface area (Å²) in [6, 6.07) is 16.3. The lowest BCUT2D eigenvalue weighted by molar-refractivity contribution is 0.0734. The molecule has 0 saturated carbocycles. The van der Waals surface area contributed by atoms with E-state index in [-0.39, 0.29) is 0 Å². The number of rotatable bonds is 6. The van der Waals surface area contributed by atoms with Crippen LogP contribution in [-0.2, 0) is 0 Å². The highest BCUT2D eigenvalue weighted by Gasteiger charge is 2.23. The standard InChI is InChI=1S/C22H23NO2S2/c1-2-3-4-17-14-26-22(27-15-17)19-9-11-20(12-10-19)25-21(24)18-7-5-16(13-23)6-8-18/h5-12,17,22H,2-4,14-15H2,1H3. The number of nitriles is 1. The first-order valence-electron chi connectivity index (χ1n) is 9.25. The third-order valence-corrected chi connectivity index (χ3v) is 7.84. The molecule has 0 bridgehead atoms. The number of nitrogens with zero attached hydrogens (tertiary/aromatic N) is 1. The van der Waals surface area contributed by atoms with Crippen molar-refractivity contribution in [2.75, 3.05) is 11.5 Å². The van der Waals surface area contributed by atoms with Crippen LogP contribution in [-0.4, -0.2) is 17.5 Å². The second kappa shape index (κ2) is 9.87. The Balaban J connectivity index is 1.54. The molecule has 3 rings (SSSR count). The van der Waals surface area contributed by atoms with E-state index in [0.717, 1.165) is 5.92 Å². The number of carbonyl (C=O) groups is 1. The summed E-state index contributed by atoms with van der Waals surface area (Å²) in [6.45, 7) is 2.25. The summed E-state index contributed by atoms with van der Waals surface area (Å²) in [5.74, 6) is 3.43. The average Bonchev–Trinajstić information content (AvgIpc) is 2.73. The first-order chi connectivity index (χ1) is 13.2. The summed E-state index contributed by atoms with van der Waals surface area (Å²) in [6.07, 6.45) is 3.95. The van der Waals surface area contributed by atoms with Crippen LogP contribution >= 0.6 is 23.5 Å². The van der Waals surface area contributed by atoms with Gasteiger partial charge < -0.3 is 4.74 Å². The van der Waals surface area contributed by atoms with Crippen LogP contribution in [0, 0.1) is 17.2 Å². The van der Waals surface area contributed by atoms with Gasteiger partial charge in [-0.15, -0.1) is 23.5 Å². The van der Waals surface area contributed by atoms with Crippen molar-refractivity contribution < 1.29 is 9.53 Å². The maximum atomic E-state index is 12.2. The van der Waals surface area contributed by atoms with Gasteiger partial charge in [-0.25, -0.2) is 4.79 Å². The number of benzene rings is 2. The Morgan fingerprint density at radius 1 is 1.11 bits per heavy atom. The van der Waals surface area contributed by atoms with Crippen LogP contribution in [0.25, 0.3) is 0 Å². The maximum absolute atomic E-state index is 12.2. The van der Waals surface area contributed by atoms with Gasteiger partial charge in [0.25, 0.3) is 0 Å². The molecular formula is C22H23NO2S2. The lowest BCUT2D eigenvalue weighted by atomic mass is 10.1. The minimum absolute atomic E-state index is 0.410. The van der Waals surface area contributed by atoms with Gasteiger partial charge in [0.15, 0.2) is 0 Å². The molecule has 2 aromatic rings. The lowest BCUT2D eigenvalue weighted by Gasteiger charge is -2.28. The summed E-state index contributed by atoms with van der Waals surface area (Å²) in [5.41, 5.74) is 2.24. The molecule has 2 aromatic carbocycles. The fraction of sp³-hybridized carbons (Fsp3) is 0.364. The van der Waals surface area contributed by atoms with E-state index >= 15 is 0 Å². The minimum Gasteiger partial charge on any atom is -0.423 e. The number of hydrogen-bond donors (Lipinski definition) is 0. The van der Waals surface area contributed by atoms with Crippen LogP contribution in [0.2, 0.25) is 0 Å². The third kappa shape index (κ3) is 5.54. The first-order valence-corrected chi connectivity index (χ1v) is 11.3. The molecule has 1 aliphatic rings. The zero-order chi connectivity index (χ0) is 19.1. The highest BCUT2D eigenvalue weighted by atomic mass is 32.2. The minimum atomic E-state index is -0.410. The molecule has 1 aliphatic heterocycles. The number of ether oxygens (including phenoxy) is 1. The number of esters is 1. The molecular weight excluding hydrogens is 374 g/mol. The van der Waals surface area contributed by atoms with Crippen molar-refractivity contribution in [1.82, 2.24) is 0 Å². The summed E-state index contributed by atoms with van der Waals surface area (Å²) < 4.78 is 5.91. The van der Waals surface area contributed by atoms with E-state index < -0.39 is 5.97 Å². The van der Waals surface area contributed by atoms with Crippen molar-refractivity contribution in [1.29, 1.82) is 5.26 Å². The molecule has 27 heavy (non-hydrogen) atoms. The Bertz CT molecular complexity index is 789. The van der Waals surface area contributed by atoms with Gasteiger partial charge in [-0.3, -0.25) is 0 Å². The maximum Gasteiger partial charge on any atom is 0.343 e. The number of thioether (sulfide) groups is 2. The van der Waals surface area contributed by atoms with E-state index in [1.54, 1.807) is 24.3 Å². The number of unbranched alkanes of at least 4 members (excludes halogenated alkanes) is 1. The van der Waals surface area contributed by atoms with Crippen molar-refractivity contribution in [2.24, 2.45) is 5.92 Å². The molecule has 0 amide bonds. The Morgan fingerprint density at radius 3 is 2.37 bits per heavy atom. The monoisotopic (exact) mass is 397 g/mol. The van der Waals surface area contributed by atoms with Gasteiger partial charge >= 0.3 is 5.97 Å². The predicted molar refractivity (Wildman–Crippen MR) is 113 cm³/mol. The van der Waals surface area contributed by atoms with E-state index in [0.29, 0.717) is 21.5 Å². The molecule has 5 heteroatoms. The van der Waals surface area contributed by atoms with Gasteiger partial charge in [-0.1, -0.05) is 31.9 Å². The fourth-order valence-corrected chi connectivity index (χ4v) is 6.10. The Hall–Kier alpha value is -1.90. The van der Waals surface area contributed by atoms with Gasteiger partial charge in [0.05, 0.1) is 21.8 Å². The summed E-state index contributed by atoms with van der Waals surface area (Å²) >= 11 is 4.05. The van der Waals surface area contributed by atoms with Crippen molar-refractivity contribution in [3.05, 3.63) is 65.2 Å². The zero-order valence-electron chi connectivity index (χ0n) is 15.4. The largest absolute Gasteiger partial charge is 0.423 e. The SMILES string of the molecule is CCCCC1CSC(c2ccc(OC(=O)c3ccc(C#N)cc3)cc2)SC1. The Morgan fingerprint density at radius 2 is 1.78 bits per heavy atom. The normalized spacial score (nSPS) is 19.3. The van der Waals surface area contributed by atoms with E-state index in [1.807, 2.05) is 41.7 Å². The third-order valence-electron chi connectivity index (χ3n) is 4.55. The molecule has 0 atom stereocenters. The van der Waals surface area contributed by atoms with E-state index in [4.69, 9.17) is 10.00 Å². The average molecular weight is 398 g/mol. The Labute approximate surface area is 169 Å². The van der Waals surface area contributed by atoms with Crippen LogP contribution < -0.4 is 4.74 Å². The number of carbonyl (C=O) groups excluding carboxylic acids is 1. The lowest BCUT2D eigenvalue weighted by Crippen LogP contribution is -2.14. The molecule has 1 saturated heterocycles. The first kappa shape index (κ1) is 19.9. The molecule has 1 heterocycles. The molecule has 3 nitrogen and oxygen atoms in total. The van der Waals surface area contributed by atoms with Crippen molar-refractivity contribution in [3.8, 4) is 11.8 Å². The van der Waals surface area contributed by atoms with E-state index in [2.05, 4.69) is 19.1 Å². The molecule has 0 N–H and O–H groups in total. The predicted octanol–water partition coefficient (Wildman–Crippen LogP) is 6.06. The highest BCUT2D eigenvalue weighted by Crippen LogP contribution is 2.46. The molecule has 0 unspecified atom stereocenters. The van der Waals surface area contributed by atoms with Gasteiger partial charge in [-0.05, 0) is 65.8 Å². The van der Waals surface area contributed by atoms with E-state index in [1.165, 1.54) is 36.3 Å². The van der Waals surface area contributed by atoms with Crippen LogP contribution in [0.5, 0.6) is 5.75 Å². The van der Waals surface area contributed by atoms with Gasteiger partial charge in [0.2, 0.25) is 0 Å². The highest BCUT2D eigenvalue weighted by molar-refractivity contribution is 8.16. The summed E-state index contributed by atoms with van der Waals surface area (Å²) in [5, 5.41) is 8.82. The molecule has 0 aliphatic carbocycles. The molecule has 140 valence electrons. The van der Waals surface area contributed by atoms with Gasteiger partial charge in [0.1, 0.15) is 5.75 Å². The number of hydrogen-bond acceptors (Lipinski definition) is 5. The molecule has 0 radical (unpaired) electrons. The summed E-state index contributed by atoms with van der Waals surface area (Å²) in [4.78, 5) is 12.2. The van der Waals surface area contributed by atoms with E-state index in [9.17, 15) is 4.79 Å². The van der Waals surface area contributed by atoms with Crippen LogP contribution in [0.3, 0.4) is 0 Å². The molecule has 0 spiro atoms. The van der Waals surface area contributed by atoms with Crippen molar-refractivity contribution in [2.45, 2.75) is 30.8 Å². The zero-order valence-corrected chi connectivity index (χ0v) is 17.0. The smallest absolute Gasteiger partial charge is 0.343 e. The van der Waals surface area contributed by atoms with Crippen LogP contribution in [0.4, 0.5) is 0 Å². The Kier molecular flexibility index (Phi) is 7.25. The second-order valence-electron chi connectivity index (χ2n) is 6.65. The van der Waals surface area contributed by atoms with Crippen molar-refractivity contribution >= 4 is 29.5 Å². The summed E-state index contributed by atoms with van der Waals surface area (Å²) in [7, 11) is 0. The fourth-order valence-electron chi connectivity index (χ4n) is 2.93. The van der Waals surface area contributed by atoms with Crippen LogP contribution in [0.15, 0.2) is 48.5 Å². The topological polar surface area (TPSA) is 50.1 Å².